The third-order valence-electron chi connectivity index (χ3n) is 5.31. The van der Waals surface area contributed by atoms with Crippen molar-refractivity contribution in [2.75, 3.05) is 0 Å². The van der Waals surface area contributed by atoms with Gasteiger partial charge in [-0.05, 0) is 29.0 Å². The molecule has 3 heterocycles. The fourth-order valence-corrected chi connectivity index (χ4v) is 5.04. The molecule has 1 atom stereocenters. The molecule has 2 aliphatic rings. The van der Waals surface area contributed by atoms with Crippen molar-refractivity contribution in [3.8, 4) is 5.75 Å². The molecule has 0 amide bonds. The average Bonchev–Trinajstić information content (AvgIpc) is 3.13. The second-order valence-electron chi connectivity index (χ2n) is 7.96. The summed E-state index contributed by atoms with van der Waals surface area (Å²) in [5.74, 6) is 0.855. The lowest BCUT2D eigenvalue weighted by molar-refractivity contribution is -0.118. The highest BCUT2D eigenvalue weighted by molar-refractivity contribution is 7.10. The topological polar surface area (TPSA) is 56.5 Å². The predicted octanol–water partition coefficient (Wildman–Crippen LogP) is 5.02. The van der Waals surface area contributed by atoms with Crippen LogP contribution in [-0.2, 0) is 4.79 Å². The van der Waals surface area contributed by atoms with Gasteiger partial charge in [-0.25, -0.2) is 4.79 Å². The molecule has 0 bridgehead atoms. The molecule has 1 aromatic carbocycles. The first-order valence-corrected chi connectivity index (χ1v) is 9.86. The van der Waals surface area contributed by atoms with E-state index in [0.29, 0.717) is 41.1 Å². The van der Waals surface area contributed by atoms with Gasteiger partial charge in [0.05, 0.1) is 16.9 Å². The Labute approximate surface area is 160 Å². The number of hydrogen-bond donors (Lipinski definition) is 0. The molecule has 5 heteroatoms. The second-order valence-corrected chi connectivity index (χ2v) is 8.94. The third-order valence-corrected chi connectivity index (χ3v) is 6.25. The molecule has 0 saturated carbocycles. The molecule has 136 valence electrons. The van der Waals surface area contributed by atoms with Crippen LogP contribution in [-0.4, -0.2) is 5.78 Å². The average molecular weight is 378 g/mol. The van der Waals surface area contributed by atoms with Crippen molar-refractivity contribution in [3.63, 3.8) is 0 Å². The van der Waals surface area contributed by atoms with Crippen molar-refractivity contribution in [1.29, 1.82) is 0 Å². The van der Waals surface area contributed by atoms with E-state index >= 15 is 0 Å². The first kappa shape index (κ1) is 16.5. The monoisotopic (exact) mass is 378 g/mol. The standard InChI is InChI=1S/C22H18O4S/c1-22(2)10-13(23)17-15(11-22)25-20-12-6-3-4-7-14(12)26-21(24)19(20)18(17)16-8-5-9-27-16/h3-9,18H,10-11H2,1-2H3. The van der Waals surface area contributed by atoms with Crippen molar-refractivity contribution in [2.45, 2.75) is 32.6 Å². The Morgan fingerprint density at radius 1 is 1.07 bits per heavy atom. The van der Waals surface area contributed by atoms with E-state index in [1.54, 1.807) is 17.4 Å². The van der Waals surface area contributed by atoms with Gasteiger partial charge in [-0.2, -0.15) is 0 Å². The van der Waals surface area contributed by atoms with Crippen LogP contribution in [0.25, 0.3) is 11.0 Å². The number of para-hydroxylation sites is 1. The number of thiophene rings is 1. The van der Waals surface area contributed by atoms with Gasteiger partial charge in [0.25, 0.3) is 0 Å². The van der Waals surface area contributed by atoms with E-state index in [4.69, 9.17) is 9.15 Å². The van der Waals surface area contributed by atoms with Crippen LogP contribution in [0.15, 0.2) is 62.3 Å². The summed E-state index contributed by atoms with van der Waals surface area (Å²) >= 11 is 1.54. The zero-order valence-corrected chi connectivity index (χ0v) is 15.9. The maximum absolute atomic E-state index is 13.1. The highest BCUT2D eigenvalue weighted by atomic mass is 32.1. The highest BCUT2D eigenvalue weighted by Crippen LogP contribution is 2.51. The Morgan fingerprint density at radius 3 is 2.67 bits per heavy atom. The zero-order chi connectivity index (χ0) is 18.8. The van der Waals surface area contributed by atoms with Crippen LogP contribution in [0.1, 0.15) is 43.0 Å². The summed E-state index contributed by atoms with van der Waals surface area (Å²) < 4.78 is 11.8. The number of allylic oxidation sites excluding steroid dienone is 2. The molecule has 0 radical (unpaired) electrons. The summed E-state index contributed by atoms with van der Waals surface area (Å²) in [7, 11) is 0. The Balaban J connectivity index is 1.85. The maximum Gasteiger partial charge on any atom is 0.344 e. The SMILES string of the molecule is CC1(C)CC(=O)C2=C(C1)Oc1c(c(=O)oc3ccccc13)C2c1cccs1. The first-order valence-electron chi connectivity index (χ1n) is 8.98. The number of benzene rings is 1. The fourth-order valence-electron chi connectivity index (χ4n) is 4.19. The molecule has 1 aliphatic heterocycles. The van der Waals surface area contributed by atoms with Gasteiger partial charge in [0, 0.05) is 23.3 Å². The van der Waals surface area contributed by atoms with Crippen molar-refractivity contribution in [3.05, 3.63) is 74.0 Å². The Bertz CT molecular complexity index is 1160. The quantitative estimate of drug-likeness (QED) is 0.558. The lowest BCUT2D eigenvalue weighted by Crippen LogP contribution is -2.34. The lowest BCUT2D eigenvalue weighted by atomic mass is 9.71. The number of hydrogen-bond acceptors (Lipinski definition) is 5. The van der Waals surface area contributed by atoms with Gasteiger partial charge in [0.2, 0.25) is 0 Å². The maximum atomic E-state index is 13.1. The number of fused-ring (bicyclic) bond motifs is 3. The van der Waals surface area contributed by atoms with E-state index in [1.165, 1.54) is 0 Å². The van der Waals surface area contributed by atoms with Gasteiger partial charge in [-0.15, -0.1) is 11.3 Å². The van der Waals surface area contributed by atoms with Crippen LogP contribution in [0.3, 0.4) is 0 Å². The van der Waals surface area contributed by atoms with E-state index in [0.717, 1.165) is 10.3 Å². The summed E-state index contributed by atoms with van der Waals surface area (Å²) in [5.41, 5.74) is 0.945. The lowest BCUT2D eigenvalue weighted by Gasteiger charge is -2.37. The normalized spacial score (nSPS) is 21.0. The van der Waals surface area contributed by atoms with Crippen LogP contribution < -0.4 is 10.4 Å². The minimum absolute atomic E-state index is 0.0536. The zero-order valence-electron chi connectivity index (χ0n) is 15.1. The Kier molecular flexibility index (Phi) is 3.46. The molecule has 0 N–H and O–H groups in total. The van der Waals surface area contributed by atoms with Gasteiger partial charge in [-0.1, -0.05) is 32.0 Å². The fraction of sp³-hybridized carbons (Fsp3) is 0.273. The Morgan fingerprint density at radius 2 is 1.89 bits per heavy atom. The number of carbonyl (C=O) groups is 1. The summed E-state index contributed by atoms with van der Waals surface area (Å²) in [6.45, 7) is 4.15. The molecule has 27 heavy (non-hydrogen) atoms. The molecule has 0 saturated heterocycles. The predicted molar refractivity (Wildman–Crippen MR) is 104 cm³/mol. The number of ether oxygens (including phenoxy) is 1. The Hall–Kier alpha value is -2.66. The minimum Gasteiger partial charge on any atom is -0.460 e. The summed E-state index contributed by atoms with van der Waals surface area (Å²) in [6, 6.07) is 11.3. The highest BCUT2D eigenvalue weighted by Gasteiger charge is 2.44. The van der Waals surface area contributed by atoms with E-state index in [1.807, 2.05) is 35.7 Å². The van der Waals surface area contributed by atoms with Crippen molar-refractivity contribution < 1.29 is 13.9 Å². The molecule has 5 rings (SSSR count). The largest absolute Gasteiger partial charge is 0.460 e. The molecule has 3 aromatic rings. The number of Topliss-reactive ketones (excluding diaryl/α,β-unsaturated/α-hetero) is 1. The van der Waals surface area contributed by atoms with Crippen LogP contribution in [0, 0.1) is 5.41 Å². The van der Waals surface area contributed by atoms with E-state index < -0.39 is 11.5 Å². The molecule has 4 nitrogen and oxygen atoms in total. The third kappa shape index (κ3) is 2.49. The summed E-state index contributed by atoms with van der Waals surface area (Å²) in [5, 5.41) is 2.72. The van der Waals surface area contributed by atoms with Gasteiger partial charge >= 0.3 is 5.63 Å². The van der Waals surface area contributed by atoms with E-state index in [-0.39, 0.29) is 11.2 Å². The van der Waals surface area contributed by atoms with Gasteiger partial charge in [0.15, 0.2) is 5.78 Å². The number of ketones is 1. The molecular weight excluding hydrogens is 360 g/mol. The first-order chi connectivity index (χ1) is 12.9. The molecular formula is C22H18O4S. The van der Waals surface area contributed by atoms with Crippen molar-refractivity contribution >= 4 is 28.1 Å². The van der Waals surface area contributed by atoms with Crippen LogP contribution in [0.5, 0.6) is 5.75 Å². The smallest absolute Gasteiger partial charge is 0.344 e. The molecule has 0 fully saturated rings. The van der Waals surface area contributed by atoms with E-state index in [9.17, 15) is 9.59 Å². The number of carbonyl (C=O) groups excluding carboxylic acids is 1. The van der Waals surface area contributed by atoms with E-state index in [2.05, 4.69) is 13.8 Å². The van der Waals surface area contributed by atoms with Crippen LogP contribution in [0.2, 0.25) is 0 Å². The molecule has 2 aromatic heterocycles. The van der Waals surface area contributed by atoms with Crippen molar-refractivity contribution in [1.82, 2.24) is 0 Å². The van der Waals surface area contributed by atoms with Gasteiger partial charge in [0.1, 0.15) is 17.1 Å². The van der Waals surface area contributed by atoms with Gasteiger partial charge < -0.3 is 9.15 Å². The minimum atomic E-state index is -0.439. The number of rotatable bonds is 1. The van der Waals surface area contributed by atoms with Gasteiger partial charge in [-0.3, -0.25) is 4.79 Å². The van der Waals surface area contributed by atoms with Crippen LogP contribution >= 0.6 is 11.3 Å². The summed E-state index contributed by atoms with van der Waals surface area (Å²) in [4.78, 5) is 26.9. The molecule has 1 aliphatic carbocycles. The van der Waals surface area contributed by atoms with Crippen molar-refractivity contribution in [2.24, 2.45) is 5.41 Å². The molecule has 1 unspecified atom stereocenters. The molecule has 0 spiro atoms. The summed E-state index contributed by atoms with van der Waals surface area (Å²) in [6.07, 6.45) is 1.12. The second kappa shape index (κ2) is 5.67. The van der Waals surface area contributed by atoms with Crippen LogP contribution in [0.4, 0.5) is 0 Å².